The number of halogens is 3. The zero-order valence-corrected chi connectivity index (χ0v) is 17.9. The molecule has 3 aromatic rings. The summed E-state index contributed by atoms with van der Waals surface area (Å²) in [7, 11) is 1.50. The fourth-order valence-electron chi connectivity index (χ4n) is 3.01. The van der Waals surface area contributed by atoms with Crippen molar-refractivity contribution in [1.82, 2.24) is 4.98 Å². The van der Waals surface area contributed by atoms with Crippen molar-refractivity contribution in [2.75, 3.05) is 18.6 Å². The van der Waals surface area contributed by atoms with Gasteiger partial charge in [-0.1, -0.05) is 36.0 Å². The summed E-state index contributed by atoms with van der Waals surface area (Å²) in [6.45, 7) is 0. The molecule has 6 nitrogen and oxygen atoms in total. The molecule has 0 amide bonds. The second-order valence-corrected chi connectivity index (χ2v) is 7.63. The number of ketones is 1. The van der Waals surface area contributed by atoms with Gasteiger partial charge in [-0.2, -0.15) is 23.7 Å². The Labute approximate surface area is 191 Å². The van der Waals surface area contributed by atoms with Crippen LogP contribution in [0, 0.1) is 22.7 Å². The number of Topliss-reactive ketones (excluding diaryl/α,β-unsaturated/α-hetero) is 1. The maximum absolute atomic E-state index is 12.7. The number of nitrogens with zero attached hydrogens (tertiary/aromatic N) is 3. The number of rotatable bonds is 6. The zero-order valence-electron chi connectivity index (χ0n) is 17.1. The molecule has 166 valence electrons. The first-order chi connectivity index (χ1) is 15.7. The lowest BCUT2D eigenvalue weighted by Gasteiger charge is -2.13. The van der Waals surface area contributed by atoms with E-state index in [4.69, 9.17) is 10.5 Å². The Bertz CT molecular complexity index is 1280. The highest BCUT2D eigenvalue weighted by atomic mass is 32.2. The molecule has 0 aliphatic heterocycles. The van der Waals surface area contributed by atoms with Crippen molar-refractivity contribution in [3.63, 3.8) is 0 Å². The van der Waals surface area contributed by atoms with Gasteiger partial charge in [-0.15, -0.1) is 0 Å². The first kappa shape index (κ1) is 23.6. The molecule has 1 aromatic heterocycles. The van der Waals surface area contributed by atoms with Crippen LogP contribution in [0.2, 0.25) is 0 Å². The lowest BCUT2D eigenvalue weighted by atomic mass is 9.97. The van der Waals surface area contributed by atoms with Crippen LogP contribution in [0.3, 0.4) is 0 Å². The second kappa shape index (κ2) is 9.63. The van der Waals surface area contributed by atoms with Crippen LogP contribution >= 0.6 is 11.8 Å². The fourth-order valence-corrected chi connectivity index (χ4v) is 3.90. The first-order valence-electron chi connectivity index (χ1n) is 9.31. The molecule has 0 radical (unpaired) electrons. The predicted octanol–water partition coefficient (Wildman–Crippen LogP) is 5.08. The minimum atomic E-state index is -4.50. The van der Waals surface area contributed by atoms with E-state index in [1.165, 1.54) is 7.11 Å². The number of pyridine rings is 1. The van der Waals surface area contributed by atoms with Gasteiger partial charge in [0.1, 0.15) is 34.3 Å². The molecule has 0 saturated heterocycles. The molecular formula is C23H15F3N4O2S. The van der Waals surface area contributed by atoms with Crippen LogP contribution in [-0.4, -0.2) is 23.6 Å². The van der Waals surface area contributed by atoms with Crippen molar-refractivity contribution >= 4 is 23.4 Å². The number of methoxy groups -OCH3 is 1. The van der Waals surface area contributed by atoms with Gasteiger partial charge in [-0.05, 0) is 29.8 Å². The van der Waals surface area contributed by atoms with Gasteiger partial charge in [0.2, 0.25) is 0 Å². The van der Waals surface area contributed by atoms with Gasteiger partial charge in [0.05, 0.1) is 24.0 Å². The molecule has 0 spiro atoms. The number of hydrogen-bond acceptors (Lipinski definition) is 7. The van der Waals surface area contributed by atoms with Crippen LogP contribution < -0.4 is 10.5 Å². The highest BCUT2D eigenvalue weighted by molar-refractivity contribution is 8.00. The molecule has 0 aliphatic rings. The number of carbonyl (C=O) groups excluding carboxylic acids is 1. The largest absolute Gasteiger partial charge is 0.497 e. The normalized spacial score (nSPS) is 10.8. The van der Waals surface area contributed by atoms with Gasteiger partial charge >= 0.3 is 6.18 Å². The lowest BCUT2D eigenvalue weighted by Crippen LogP contribution is -2.08. The molecule has 0 bridgehead atoms. The molecule has 0 aliphatic carbocycles. The number of nitrogens with two attached hydrogens (primary N) is 1. The molecule has 0 unspecified atom stereocenters. The quantitative estimate of drug-likeness (QED) is 0.397. The average Bonchev–Trinajstić information content (AvgIpc) is 2.81. The molecule has 0 atom stereocenters. The number of carbonyl (C=O) groups is 1. The number of aromatic nitrogens is 1. The Morgan fingerprint density at radius 1 is 1.06 bits per heavy atom. The fraction of sp³-hybridized carbons (Fsp3) is 0.130. The van der Waals surface area contributed by atoms with E-state index >= 15 is 0 Å². The van der Waals surface area contributed by atoms with E-state index < -0.39 is 17.5 Å². The van der Waals surface area contributed by atoms with E-state index in [0.717, 1.165) is 36.0 Å². The number of hydrogen-bond donors (Lipinski definition) is 1. The second-order valence-electron chi connectivity index (χ2n) is 6.67. The summed E-state index contributed by atoms with van der Waals surface area (Å²) >= 11 is 0.915. The standard InChI is InChI=1S/C23H15F3N4O2S/c1-32-16-8-4-14(5-9-16)20-17(10-27)21(29)30-22(18(20)11-28)33-12-19(31)13-2-6-15(7-3-13)23(24,25)26/h2-9H,12H2,1H3,(H2,29,30). The highest BCUT2D eigenvalue weighted by Gasteiger charge is 2.30. The van der Waals surface area contributed by atoms with E-state index in [0.29, 0.717) is 11.3 Å². The number of nitrogen functional groups attached to an aromatic ring is 1. The summed E-state index contributed by atoms with van der Waals surface area (Å²) in [6, 6.07) is 14.5. The molecule has 0 fully saturated rings. The minimum absolute atomic E-state index is 0.0233. The Hall–Kier alpha value is -4.02. The first-order valence-corrected chi connectivity index (χ1v) is 10.3. The summed E-state index contributed by atoms with van der Waals surface area (Å²) in [5.41, 5.74) is 6.09. The van der Waals surface area contributed by atoms with Crippen LogP contribution in [0.1, 0.15) is 27.0 Å². The molecule has 33 heavy (non-hydrogen) atoms. The van der Waals surface area contributed by atoms with E-state index in [-0.39, 0.29) is 38.9 Å². The van der Waals surface area contributed by atoms with Crippen molar-refractivity contribution in [3.05, 3.63) is 70.8 Å². The number of nitriles is 2. The van der Waals surface area contributed by atoms with Gasteiger partial charge in [0, 0.05) is 11.1 Å². The van der Waals surface area contributed by atoms with Crippen molar-refractivity contribution in [2.24, 2.45) is 0 Å². The molecule has 10 heteroatoms. The van der Waals surface area contributed by atoms with Crippen molar-refractivity contribution in [2.45, 2.75) is 11.2 Å². The van der Waals surface area contributed by atoms with Gasteiger partial charge in [0.25, 0.3) is 0 Å². The third-order valence-corrected chi connectivity index (χ3v) is 5.64. The number of benzene rings is 2. The average molecular weight is 468 g/mol. The van der Waals surface area contributed by atoms with Crippen LogP contribution in [0.15, 0.2) is 53.6 Å². The SMILES string of the molecule is COc1ccc(-c2c(C#N)c(N)nc(SCC(=O)c3ccc(C(F)(F)F)cc3)c2C#N)cc1. The minimum Gasteiger partial charge on any atom is -0.497 e. The van der Waals surface area contributed by atoms with Crippen LogP contribution in [0.25, 0.3) is 11.1 Å². The zero-order chi connectivity index (χ0) is 24.2. The third kappa shape index (κ3) is 5.08. The van der Waals surface area contributed by atoms with Gasteiger partial charge in [-0.3, -0.25) is 4.79 Å². The summed E-state index contributed by atoms with van der Waals surface area (Å²) in [5, 5.41) is 19.5. The van der Waals surface area contributed by atoms with E-state index in [1.807, 2.05) is 12.1 Å². The van der Waals surface area contributed by atoms with Crippen LogP contribution in [0.4, 0.5) is 19.0 Å². The molecule has 2 N–H and O–H groups in total. The van der Waals surface area contributed by atoms with Gasteiger partial charge in [-0.25, -0.2) is 4.98 Å². The molecule has 2 aromatic carbocycles. The number of anilines is 1. The summed E-state index contributed by atoms with van der Waals surface area (Å²) in [5.74, 6) is -0.171. The molecular weight excluding hydrogens is 453 g/mol. The van der Waals surface area contributed by atoms with E-state index in [2.05, 4.69) is 4.98 Å². The predicted molar refractivity (Wildman–Crippen MR) is 117 cm³/mol. The van der Waals surface area contributed by atoms with Gasteiger partial charge in [0.15, 0.2) is 5.78 Å². The highest BCUT2D eigenvalue weighted by Crippen LogP contribution is 2.36. The smallest absolute Gasteiger partial charge is 0.416 e. The molecule has 0 saturated carbocycles. The van der Waals surface area contributed by atoms with E-state index in [9.17, 15) is 28.5 Å². The van der Waals surface area contributed by atoms with Crippen molar-refractivity contribution in [3.8, 4) is 29.0 Å². The Morgan fingerprint density at radius 2 is 1.67 bits per heavy atom. The van der Waals surface area contributed by atoms with Crippen molar-refractivity contribution < 1.29 is 22.7 Å². The summed E-state index contributed by atoms with van der Waals surface area (Å²) in [6.07, 6.45) is -4.50. The lowest BCUT2D eigenvalue weighted by molar-refractivity contribution is -0.137. The van der Waals surface area contributed by atoms with Crippen LogP contribution in [-0.2, 0) is 6.18 Å². The number of ether oxygens (including phenoxy) is 1. The number of thioether (sulfide) groups is 1. The topological polar surface area (TPSA) is 113 Å². The van der Waals surface area contributed by atoms with E-state index in [1.54, 1.807) is 24.3 Å². The Morgan fingerprint density at radius 3 is 2.18 bits per heavy atom. The maximum Gasteiger partial charge on any atom is 0.416 e. The molecule has 1 heterocycles. The Kier molecular flexibility index (Phi) is 6.90. The van der Waals surface area contributed by atoms with Gasteiger partial charge < -0.3 is 10.5 Å². The van der Waals surface area contributed by atoms with Crippen LogP contribution in [0.5, 0.6) is 5.75 Å². The molecule has 3 rings (SSSR count). The van der Waals surface area contributed by atoms with Crippen molar-refractivity contribution in [1.29, 1.82) is 10.5 Å². The summed E-state index contributed by atoms with van der Waals surface area (Å²) in [4.78, 5) is 16.6. The maximum atomic E-state index is 12.7. The summed E-state index contributed by atoms with van der Waals surface area (Å²) < 4.78 is 43.3. The Balaban J connectivity index is 1.93. The monoisotopic (exact) mass is 468 g/mol. The number of alkyl halides is 3. The third-order valence-electron chi connectivity index (χ3n) is 4.67.